The Bertz CT molecular complexity index is 1040. The first-order valence-corrected chi connectivity index (χ1v) is 10.2. The van der Waals surface area contributed by atoms with Crippen LogP contribution in [0.5, 0.6) is 0 Å². The lowest BCUT2D eigenvalue weighted by Crippen LogP contribution is -2.24. The van der Waals surface area contributed by atoms with Crippen LogP contribution in [0.3, 0.4) is 0 Å². The molecule has 4 aromatic rings. The average Bonchev–Trinajstić information content (AvgIpc) is 3.36. The Labute approximate surface area is 160 Å². The first-order chi connectivity index (χ1) is 12.2. The third-order valence-electron chi connectivity index (χ3n) is 3.29. The minimum atomic E-state index is -0.201. The Balaban J connectivity index is 1.76. The maximum atomic E-state index is 12.9. The van der Waals surface area contributed by atoms with Crippen molar-refractivity contribution in [3.8, 4) is 0 Å². The van der Waals surface area contributed by atoms with Gasteiger partial charge in [-0.2, -0.15) is 10.1 Å². The van der Waals surface area contributed by atoms with Crippen molar-refractivity contribution in [1.29, 1.82) is 0 Å². The zero-order valence-corrected chi connectivity index (χ0v) is 15.8. The third-order valence-corrected chi connectivity index (χ3v) is 6.18. The highest BCUT2D eigenvalue weighted by Crippen LogP contribution is 2.32. The van der Waals surface area contributed by atoms with Crippen molar-refractivity contribution < 1.29 is 4.79 Å². The minimum absolute atomic E-state index is 0.201. The molecule has 3 heterocycles. The van der Waals surface area contributed by atoms with Gasteiger partial charge in [-0.15, -0.1) is 22.7 Å². The largest absolute Gasteiger partial charge is 0.290 e. The molecule has 0 aliphatic carbocycles. The maximum Gasteiger partial charge on any atom is 0.290 e. The molecule has 3 aromatic heterocycles. The molecular weight excluding hydrogens is 394 g/mol. The molecule has 0 aliphatic rings. The van der Waals surface area contributed by atoms with Crippen molar-refractivity contribution in [1.82, 2.24) is 4.98 Å². The molecule has 4 nitrogen and oxygen atoms in total. The van der Waals surface area contributed by atoms with E-state index >= 15 is 0 Å². The summed E-state index contributed by atoms with van der Waals surface area (Å²) in [6, 6.07) is 13.0. The molecule has 0 radical (unpaired) electrons. The smallest absolute Gasteiger partial charge is 0.266 e. The van der Waals surface area contributed by atoms with E-state index in [0.29, 0.717) is 15.0 Å². The molecule has 0 aliphatic heterocycles. The molecule has 0 spiro atoms. The van der Waals surface area contributed by atoms with E-state index in [4.69, 9.17) is 11.6 Å². The van der Waals surface area contributed by atoms with Gasteiger partial charge in [0, 0.05) is 9.90 Å². The van der Waals surface area contributed by atoms with E-state index in [1.54, 1.807) is 29.7 Å². The van der Waals surface area contributed by atoms with Crippen LogP contribution in [0.4, 0.5) is 5.13 Å². The molecule has 0 unspecified atom stereocenters. The van der Waals surface area contributed by atoms with Gasteiger partial charge in [-0.05, 0) is 41.1 Å². The molecule has 0 bridgehead atoms. The highest BCUT2D eigenvalue weighted by molar-refractivity contribution is 7.22. The normalized spacial score (nSPS) is 11.4. The number of thiophene rings is 2. The molecular formula is C17H10ClN3OS3. The summed E-state index contributed by atoms with van der Waals surface area (Å²) < 4.78 is 0.915. The van der Waals surface area contributed by atoms with Gasteiger partial charge < -0.3 is 0 Å². The summed E-state index contributed by atoms with van der Waals surface area (Å²) in [6.45, 7) is 0. The molecule has 1 amide bonds. The minimum Gasteiger partial charge on any atom is -0.266 e. The number of aromatic nitrogens is 1. The Kier molecular flexibility index (Phi) is 4.63. The average molecular weight is 404 g/mol. The fourth-order valence-electron chi connectivity index (χ4n) is 2.15. The van der Waals surface area contributed by atoms with Crippen LogP contribution in [-0.4, -0.2) is 17.1 Å². The van der Waals surface area contributed by atoms with Gasteiger partial charge in [-0.25, -0.2) is 4.98 Å². The molecule has 0 N–H and O–H groups in total. The van der Waals surface area contributed by atoms with Crippen LogP contribution >= 0.6 is 45.6 Å². The molecule has 0 saturated heterocycles. The van der Waals surface area contributed by atoms with E-state index in [0.717, 1.165) is 15.1 Å². The topological polar surface area (TPSA) is 45.6 Å². The number of halogens is 1. The van der Waals surface area contributed by atoms with Gasteiger partial charge in [0.1, 0.15) is 0 Å². The van der Waals surface area contributed by atoms with Gasteiger partial charge in [0.15, 0.2) is 0 Å². The van der Waals surface area contributed by atoms with Gasteiger partial charge in [0.05, 0.1) is 21.3 Å². The highest BCUT2D eigenvalue weighted by Gasteiger charge is 2.21. The molecule has 0 fully saturated rings. The lowest BCUT2D eigenvalue weighted by Gasteiger charge is -2.12. The van der Waals surface area contributed by atoms with Gasteiger partial charge in [-0.3, -0.25) is 4.79 Å². The second kappa shape index (κ2) is 7.05. The van der Waals surface area contributed by atoms with Crippen LogP contribution in [-0.2, 0) is 0 Å². The van der Waals surface area contributed by atoms with Crippen LogP contribution in [0.15, 0.2) is 58.3 Å². The summed E-state index contributed by atoms with van der Waals surface area (Å²) in [5, 5.41) is 10.7. The van der Waals surface area contributed by atoms with Crippen LogP contribution in [0, 0.1) is 0 Å². The van der Waals surface area contributed by atoms with E-state index in [1.807, 2.05) is 41.1 Å². The van der Waals surface area contributed by atoms with Gasteiger partial charge in [-0.1, -0.05) is 35.1 Å². The molecule has 4 rings (SSSR count). The summed E-state index contributed by atoms with van der Waals surface area (Å²) in [4.78, 5) is 19.0. The van der Waals surface area contributed by atoms with Crippen molar-refractivity contribution in [2.24, 2.45) is 5.10 Å². The van der Waals surface area contributed by atoms with Gasteiger partial charge >= 0.3 is 0 Å². The van der Waals surface area contributed by atoms with Crippen molar-refractivity contribution in [2.75, 3.05) is 5.01 Å². The maximum absolute atomic E-state index is 12.9. The van der Waals surface area contributed by atoms with Crippen LogP contribution in [0.2, 0.25) is 5.02 Å². The highest BCUT2D eigenvalue weighted by atomic mass is 35.5. The summed E-state index contributed by atoms with van der Waals surface area (Å²) in [7, 11) is 0. The Morgan fingerprint density at radius 3 is 2.76 bits per heavy atom. The predicted octanol–water partition coefficient (Wildman–Crippen LogP) is 5.75. The number of rotatable bonds is 4. The quantitative estimate of drug-likeness (QED) is 0.321. The number of nitrogens with zero attached hydrogens (tertiary/aromatic N) is 3. The predicted molar refractivity (Wildman–Crippen MR) is 108 cm³/mol. The van der Waals surface area contributed by atoms with Crippen molar-refractivity contribution in [2.45, 2.75) is 0 Å². The lowest BCUT2D eigenvalue weighted by atomic mass is 10.3. The fourth-order valence-corrected chi connectivity index (χ4v) is 4.58. The van der Waals surface area contributed by atoms with E-state index in [1.165, 1.54) is 27.7 Å². The monoisotopic (exact) mass is 403 g/mol. The van der Waals surface area contributed by atoms with Crippen molar-refractivity contribution >= 4 is 73.1 Å². The second-order valence-electron chi connectivity index (χ2n) is 4.96. The standard InChI is InChI=1S/C17H10ClN3OS3/c18-11-5-6-13-15(9-11)25-17(20-13)21(16(22)14-4-2-8-24-14)19-10-12-3-1-7-23-12/h1-10H/b19-10-. The van der Waals surface area contributed by atoms with E-state index < -0.39 is 0 Å². The SMILES string of the molecule is O=C(c1cccs1)N(/N=C\c1cccs1)c1nc2ccc(Cl)cc2s1. The first kappa shape index (κ1) is 16.4. The summed E-state index contributed by atoms with van der Waals surface area (Å²) in [5.41, 5.74) is 0.791. The van der Waals surface area contributed by atoms with Crippen LogP contribution in [0.1, 0.15) is 14.5 Å². The third kappa shape index (κ3) is 3.50. The van der Waals surface area contributed by atoms with E-state index in [9.17, 15) is 4.79 Å². The molecule has 8 heteroatoms. The molecule has 0 saturated carbocycles. The number of carbonyl (C=O) groups is 1. The van der Waals surface area contributed by atoms with E-state index in [2.05, 4.69) is 10.1 Å². The molecule has 25 heavy (non-hydrogen) atoms. The molecule has 124 valence electrons. The Hall–Kier alpha value is -2.06. The Morgan fingerprint density at radius 1 is 1.16 bits per heavy atom. The fraction of sp³-hybridized carbons (Fsp3) is 0. The second-order valence-corrected chi connectivity index (χ2v) is 8.34. The number of thiazole rings is 1. The summed E-state index contributed by atoms with van der Waals surface area (Å²) >= 11 is 10.4. The summed E-state index contributed by atoms with van der Waals surface area (Å²) in [5.74, 6) is -0.201. The van der Waals surface area contributed by atoms with Crippen molar-refractivity contribution in [3.05, 3.63) is 68.0 Å². The molecule has 1 aromatic carbocycles. The number of amides is 1. The van der Waals surface area contributed by atoms with Crippen molar-refractivity contribution in [3.63, 3.8) is 0 Å². The first-order valence-electron chi connectivity index (χ1n) is 7.22. The zero-order chi connectivity index (χ0) is 17.2. The van der Waals surface area contributed by atoms with Crippen LogP contribution < -0.4 is 5.01 Å². The van der Waals surface area contributed by atoms with Gasteiger partial charge in [0.25, 0.3) is 5.91 Å². The number of anilines is 1. The number of carbonyl (C=O) groups excluding carboxylic acids is 1. The number of hydrogen-bond donors (Lipinski definition) is 0. The number of fused-ring (bicyclic) bond motifs is 1. The number of benzene rings is 1. The van der Waals surface area contributed by atoms with Crippen LogP contribution in [0.25, 0.3) is 10.2 Å². The van der Waals surface area contributed by atoms with Gasteiger partial charge in [0.2, 0.25) is 5.13 Å². The Morgan fingerprint density at radius 2 is 2.00 bits per heavy atom. The summed E-state index contributed by atoms with van der Waals surface area (Å²) in [6.07, 6.45) is 1.68. The lowest BCUT2D eigenvalue weighted by molar-refractivity contribution is 0.0991. The number of hydrazone groups is 1. The number of hydrogen-bond acceptors (Lipinski definition) is 6. The molecule has 0 atom stereocenters. The zero-order valence-electron chi connectivity index (χ0n) is 12.6. The van der Waals surface area contributed by atoms with E-state index in [-0.39, 0.29) is 5.91 Å².